The zero-order chi connectivity index (χ0) is 13.7. The molecule has 0 aliphatic rings. The molecular formula is C15H14N2O2. The third kappa shape index (κ3) is 3.30. The van der Waals surface area contributed by atoms with Crippen LogP contribution in [0.4, 0.5) is 0 Å². The van der Waals surface area contributed by atoms with Gasteiger partial charge in [-0.1, -0.05) is 30.2 Å². The Hall–Kier alpha value is -2.38. The fourth-order valence-corrected chi connectivity index (χ4v) is 1.64. The Morgan fingerprint density at radius 3 is 2.42 bits per heavy atom. The van der Waals surface area contributed by atoms with E-state index >= 15 is 0 Å². The van der Waals surface area contributed by atoms with Gasteiger partial charge >= 0.3 is 0 Å². The van der Waals surface area contributed by atoms with Crippen molar-refractivity contribution < 1.29 is 9.84 Å². The van der Waals surface area contributed by atoms with Crippen LogP contribution in [0.2, 0.25) is 0 Å². The fourth-order valence-electron chi connectivity index (χ4n) is 1.64. The van der Waals surface area contributed by atoms with Crippen LogP contribution < -0.4 is 4.74 Å². The molecular weight excluding hydrogens is 240 g/mol. The molecule has 4 heteroatoms. The third-order valence-corrected chi connectivity index (χ3v) is 2.70. The van der Waals surface area contributed by atoms with Gasteiger partial charge in [-0.3, -0.25) is 0 Å². The minimum atomic E-state index is -0.747. The van der Waals surface area contributed by atoms with E-state index in [2.05, 4.69) is 15.9 Å². The Morgan fingerprint density at radius 2 is 1.89 bits per heavy atom. The Kier molecular flexibility index (Phi) is 4.11. The number of methoxy groups -OCH3 is 1. The first-order valence-electron chi connectivity index (χ1n) is 5.82. The summed E-state index contributed by atoms with van der Waals surface area (Å²) >= 11 is 0. The molecule has 19 heavy (non-hydrogen) atoms. The maximum atomic E-state index is 9.38. The molecule has 2 rings (SSSR count). The van der Waals surface area contributed by atoms with Gasteiger partial charge in [-0.15, -0.1) is 6.42 Å². The quantitative estimate of drug-likeness (QED) is 0.844. The molecule has 0 amide bonds. The van der Waals surface area contributed by atoms with Crippen molar-refractivity contribution in [1.82, 2.24) is 9.97 Å². The van der Waals surface area contributed by atoms with E-state index in [1.54, 1.807) is 19.5 Å². The van der Waals surface area contributed by atoms with E-state index in [1.807, 2.05) is 24.3 Å². The van der Waals surface area contributed by atoms with Crippen LogP contribution in [0.25, 0.3) is 11.4 Å². The number of hydrogen-bond donors (Lipinski definition) is 1. The second kappa shape index (κ2) is 5.98. The van der Waals surface area contributed by atoms with Crippen LogP contribution in [0.3, 0.4) is 0 Å². The largest absolute Gasteiger partial charge is 0.494 e. The van der Waals surface area contributed by atoms with Crippen molar-refractivity contribution in [3.8, 4) is 29.5 Å². The number of terminal acetylenes is 1. The molecule has 1 atom stereocenters. The first kappa shape index (κ1) is 13.1. The highest BCUT2D eigenvalue weighted by Gasteiger charge is 2.04. The van der Waals surface area contributed by atoms with E-state index in [0.29, 0.717) is 18.0 Å². The van der Waals surface area contributed by atoms with Gasteiger partial charge in [-0.2, -0.15) is 0 Å². The van der Waals surface area contributed by atoms with Gasteiger partial charge in [0.15, 0.2) is 11.6 Å². The monoisotopic (exact) mass is 254 g/mol. The first-order chi connectivity index (χ1) is 9.22. The summed E-state index contributed by atoms with van der Waals surface area (Å²) in [5.74, 6) is 3.54. The standard InChI is InChI=1S/C15H14N2O2/c1-3-13(18)8-11-4-6-12(7-5-11)15-16-9-14(19-2)10-17-15/h1,4-7,9-10,13,18H,8H2,2H3. The van der Waals surface area contributed by atoms with Crippen molar-refractivity contribution in [3.63, 3.8) is 0 Å². The molecule has 0 radical (unpaired) electrons. The lowest BCUT2D eigenvalue weighted by molar-refractivity contribution is 0.233. The number of ether oxygens (including phenoxy) is 1. The van der Waals surface area contributed by atoms with Crippen molar-refractivity contribution in [1.29, 1.82) is 0 Å². The predicted octanol–water partition coefficient (Wildman–Crippen LogP) is 1.69. The number of nitrogens with zero attached hydrogens (tertiary/aromatic N) is 2. The van der Waals surface area contributed by atoms with E-state index in [9.17, 15) is 5.11 Å². The molecule has 1 aromatic carbocycles. The lowest BCUT2D eigenvalue weighted by Crippen LogP contribution is -2.06. The summed E-state index contributed by atoms with van der Waals surface area (Å²) in [7, 11) is 1.57. The van der Waals surface area contributed by atoms with Crippen LogP contribution in [0.15, 0.2) is 36.7 Å². The Labute approximate surface area is 112 Å². The zero-order valence-corrected chi connectivity index (χ0v) is 10.6. The number of hydrogen-bond acceptors (Lipinski definition) is 4. The molecule has 0 saturated heterocycles. The van der Waals surface area contributed by atoms with E-state index < -0.39 is 6.10 Å². The van der Waals surface area contributed by atoms with Crippen molar-refractivity contribution in [2.24, 2.45) is 0 Å². The summed E-state index contributed by atoms with van der Waals surface area (Å²) < 4.78 is 5.01. The smallest absolute Gasteiger partial charge is 0.159 e. The summed E-state index contributed by atoms with van der Waals surface area (Å²) in [6, 6.07) is 7.62. The SMILES string of the molecule is C#CC(O)Cc1ccc(-c2ncc(OC)cn2)cc1. The van der Waals surface area contributed by atoms with Crippen LogP contribution in [0, 0.1) is 12.3 Å². The van der Waals surface area contributed by atoms with Gasteiger partial charge in [-0.05, 0) is 5.56 Å². The van der Waals surface area contributed by atoms with Gasteiger partial charge in [-0.25, -0.2) is 9.97 Å². The van der Waals surface area contributed by atoms with Crippen molar-refractivity contribution >= 4 is 0 Å². The van der Waals surface area contributed by atoms with Gasteiger partial charge in [0.1, 0.15) is 6.10 Å². The van der Waals surface area contributed by atoms with Crippen LogP contribution >= 0.6 is 0 Å². The Balaban J connectivity index is 2.15. The number of rotatable bonds is 4. The van der Waals surface area contributed by atoms with Gasteiger partial charge in [0.25, 0.3) is 0 Å². The van der Waals surface area contributed by atoms with Crippen molar-refractivity contribution in [3.05, 3.63) is 42.2 Å². The highest BCUT2D eigenvalue weighted by atomic mass is 16.5. The summed E-state index contributed by atoms with van der Waals surface area (Å²) in [6.07, 6.45) is 8.08. The average molecular weight is 254 g/mol. The highest BCUT2D eigenvalue weighted by Crippen LogP contribution is 2.17. The second-order valence-corrected chi connectivity index (χ2v) is 4.03. The zero-order valence-electron chi connectivity index (χ0n) is 10.6. The van der Waals surface area contributed by atoms with E-state index in [4.69, 9.17) is 11.2 Å². The molecule has 1 heterocycles. The van der Waals surface area contributed by atoms with Crippen LogP contribution in [-0.2, 0) is 6.42 Å². The van der Waals surface area contributed by atoms with Gasteiger partial charge in [0.2, 0.25) is 0 Å². The minimum Gasteiger partial charge on any atom is -0.494 e. The molecule has 0 fully saturated rings. The molecule has 0 bridgehead atoms. The Morgan fingerprint density at radius 1 is 1.26 bits per heavy atom. The topological polar surface area (TPSA) is 55.2 Å². The van der Waals surface area contributed by atoms with E-state index in [0.717, 1.165) is 11.1 Å². The molecule has 1 aromatic heterocycles. The minimum absolute atomic E-state index is 0.445. The van der Waals surface area contributed by atoms with E-state index in [-0.39, 0.29) is 0 Å². The maximum absolute atomic E-state index is 9.38. The van der Waals surface area contributed by atoms with Crippen LogP contribution in [0.5, 0.6) is 5.75 Å². The summed E-state index contributed by atoms with van der Waals surface area (Å²) in [5, 5.41) is 9.38. The lowest BCUT2D eigenvalue weighted by Gasteiger charge is -2.05. The number of benzene rings is 1. The van der Waals surface area contributed by atoms with Gasteiger partial charge in [0, 0.05) is 12.0 Å². The first-order valence-corrected chi connectivity index (χ1v) is 5.82. The van der Waals surface area contributed by atoms with Crippen LogP contribution in [0.1, 0.15) is 5.56 Å². The molecule has 0 aliphatic carbocycles. The number of aromatic nitrogens is 2. The Bertz CT molecular complexity index is 571. The molecule has 2 aromatic rings. The molecule has 4 nitrogen and oxygen atoms in total. The van der Waals surface area contributed by atoms with E-state index in [1.165, 1.54) is 0 Å². The summed E-state index contributed by atoms with van der Waals surface area (Å²) in [6.45, 7) is 0. The predicted molar refractivity (Wildman–Crippen MR) is 72.6 cm³/mol. The maximum Gasteiger partial charge on any atom is 0.159 e. The third-order valence-electron chi connectivity index (χ3n) is 2.70. The molecule has 0 aliphatic heterocycles. The molecule has 0 saturated carbocycles. The molecule has 1 unspecified atom stereocenters. The summed E-state index contributed by atoms with van der Waals surface area (Å²) in [4.78, 5) is 8.42. The second-order valence-electron chi connectivity index (χ2n) is 4.03. The van der Waals surface area contributed by atoms with Gasteiger partial charge < -0.3 is 9.84 Å². The molecule has 96 valence electrons. The number of aliphatic hydroxyl groups is 1. The van der Waals surface area contributed by atoms with Crippen LogP contribution in [-0.4, -0.2) is 28.3 Å². The lowest BCUT2D eigenvalue weighted by atomic mass is 10.1. The number of aliphatic hydroxyl groups excluding tert-OH is 1. The van der Waals surface area contributed by atoms with Gasteiger partial charge in [0.05, 0.1) is 19.5 Å². The van der Waals surface area contributed by atoms with Crippen molar-refractivity contribution in [2.45, 2.75) is 12.5 Å². The normalized spacial score (nSPS) is 11.6. The molecule has 0 spiro atoms. The fraction of sp³-hybridized carbons (Fsp3) is 0.200. The highest BCUT2D eigenvalue weighted by molar-refractivity contribution is 5.55. The van der Waals surface area contributed by atoms with Crippen molar-refractivity contribution in [2.75, 3.05) is 7.11 Å². The average Bonchev–Trinajstić information content (AvgIpc) is 2.48. The molecule has 1 N–H and O–H groups in total. The summed E-state index contributed by atoms with van der Waals surface area (Å²) in [5.41, 5.74) is 1.88.